The van der Waals surface area contributed by atoms with E-state index in [0.29, 0.717) is 10.2 Å². The smallest absolute Gasteiger partial charge is 0.311 e. The van der Waals surface area contributed by atoms with Crippen molar-refractivity contribution in [3.8, 4) is 0 Å². The molecule has 112 valence electrons. The predicted octanol–water partition coefficient (Wildman–Crippen LogP) is 2.42. The van der Waals surface area contributed by atoms with Crippen LogP contribution in [0.15, 0.2) is 39.0 Å². The maximum Gasteiger partial charge on any atom is 0.311 e. The number of benzene rings is 1. The van der Waals surface area contributed by atoms with E-state index in [9.17, 15) is 13.2 Å². The average Bonchev–Trinajstić information content (AvgIpc) is 2.85. The molecule has 0 fully saturated rings. The number of thiazole rings is 1. The van der Waals surface area contributed by atoms with E-state index in [1.165, 1.54) is 19.2 Å². The van der Waals surface area contributed by atoms with Crippen molar-refractivity contribution in [1.29, 1.82) is 0 Å². The van der Waals surface area contributed by atoms with Crippen LogP contribution in [0.2, 0.25) is 0 Å². The highest BCUT2D eigenvalue weighted by atomic mass is 79.9. The van der Waals surface area contributed by atoms with Gasteiger partial charge >= 0.3 is 5.97 Å². The van der Waals surface area contributed by atoms with Crippen LogP contribution in [0.1, 0.15) is 5.69 Å². The summed E-state index contributed by atoms with van der Waals surface area (Å²) >= 11 is 4.33. The minimum Gasteiger partial charge on any atom is -0.469 e. The number of hydrogen-bond donors (Lipinski definition) is 1. The Balaban J connectivity index is 2.16. The number of nitrogens with one attached hydrogen (secondary N) is 1. The molecule has 0 aliphatic rings. The van der Waals surface area contributed by atoms with Crippen molar-refractivity contribution in [3.05, 3.63) is 39.8 Å². The molecule has 0 bridgehead atoms. The van der Waals surface area contributed by atoms with E-state index in [-0.39, 0.29) is 16.4 Å². The summed E-state index contributed by atoms with van der Waals surface area (Å²) < 4.78 is 31.9. The number of carbonyl (C=O) groups is 1. The lowest BCUT2D eigenvalue weighted by atomic mass is 10.3. The standard InChI is InChI=1S/C12H11BrN2O4S2/c1-19-11(16)6-9-7-20-12(14-9)15-21(17,18)10-4-2-3-8(13)5-10/h2-5,7H,6H2,1H3,(H,14,15). The number of esters is 1. The van der Waals surface area contributed by atoms with Gasteiger partial charge in [-0.1, -0.05) is 22.0 Å². The Bertz CT molecular complexity index is 758. The fraction of sp³-hybridized carbons (Fsp3) is 0.167. The van der Waals surface area contributed by atoms with Gasteiger partial charge in [0.05, 0.1) is 24.1 Å². The predicted molar refractivity (Wildman–Crippen MR) is 82.8 cm³/mol. The summed E-state index contributed by atoms with van der Waals surface area (Å²) in [6.07, 6.45) is 0.00557. The first-order chi connectivity index (χ1) is 9.90. The molecule has 1 aromatic heterocycles. The van der Waals surface area contributed by atoms with E-state index in [1.807, 2.05) is 0 Å². The van der Waals surface area contributed by atoms with Crippen molar-refractivity contribution in [1.82, 2.24) is 4.98 Å². The highest BCUT2D eigenvalue weighted by Gasteiger charge is 2.17. The molecule has 9 heteroatoms. The normalized spacial score (nSPS) is 11.1. The highest BCUT2D eigenvalue weighted by molar-refractivity contribution is 9.10. The minimum atomic E-state index is -3.70. The molecule has 1 N–H and O–H groups in total. The van der Waals surface area contributed by atoms with Gasteiger partial charge in [0, 0.05) is 9.85 Å². The second-order valence-corrected chi connectivity index (χ2v) is 7.42. The van der Waals surface area contributed by atoms with Crippen molar-refractivity contribution in [2.75, 3.05) is 11.8 Å². The zero-order chi connectivity index (χ0) is 15.5. The zero-order valence-corrected chi connectivity index (χ0v) is 14.1. The van der Waals surface area contributed by atoms with E-state index in [2.05, 4.69) is 30.4 Å². The van der Waals surface area contributed by atoms with Gasteiger partial charge in [-0.2, -0.15) is 0 Å². The molecular formula is C12H11BrN2O4S2. The van der Waals surface area contributed by atoms with E-state index < -0.39 is 16.0 Å². The van der Waals surface area contributed by atoms with Gasteiger partial charge in [-0.25, -0.2) is 13.4 Å². The van der Waals surface area contributed by atoms with Crippen molar-refractivity contribution in [3.63, 3.8) is 0 Å². The van der Waals surface area contributed by atoms with E-state index in [4.69, 9.17) is 0 Å². The lowest BCUT2D eigenvalue weighted by Crippen LogP contribution is -2.13. The van der Waals surface area contributed by atoms with Gasteiger partial charge < -0.3 is 4.74 Å². The first-order valence-electron chi connectivity index (χ1n) is 5.70. The molecule has 0 radical (unpaired) electrons. The van der Waals surface area contributed by atoms with Crippen molar-refractivity contribution < 1.29 is 17.9 Å². The maximum absolute atomic E-state index is 12.2. The van der Waals surface area contributed by atoms with E-state index in [0.717, 1.165) is 11.3 Å². The second kappa shape index (κ2) is 6.54. The molecule has 2 aromatic rings. The van der Waals surface area contributed by atoms with Gasteiger partial charge in [-0.05, 0) is 18.2 Å². The summed E-state index contributed by atoms with van der Waals surface area (Å²) in [5, 5.41) is 1.81. The number of carbonyl (C=O) groups excluding carboxylic acids is 1. The quantitative estimate of drug-likeness (QED) is 0.792. The highest BCUT2D eigenvalue weighted by Crippen LogP contribution is 2.22. The van der Waals surface area contributed by atoms with Crippen LogP contribution < -0.4 is 4.72 Å². The Labute approximate surface area is 134 Å². The fourth-order valence-electron chi connectivity index (χ4n) is 1.46. The summed E-state index contributed by atoms with van der Waals surface area (Å²) in [6, 6.07) is 6.33. The average molecular weight is 391 g/mol. The lowest BCUT2D eigenvalue weighted by molar-refractivity contribution is -0.139. The first kappa shape index (κ1) is 15.9. The number of sulfonamides is 1. The number of ether oxygens (including phenoxy) is 1. The van der Waals surface area contributed by atoms with Gasteiger partial charge in [0.2, 0.25) is 0 Å². The summed E-state index contributed by atoms with van der Waals surface area (Å²) in [4.78, 5) is 15.3. The van der Waals surface area contributed by atoms with Crippen LogP contribution in [0.3, 0.4) is 0 Å². The summed E-state index contributed by atoms with van der Waals surface area (Å²) in [6.45, 7) is 0. The third-order valence-corrected chi connectivity index (χ3v) is 5.20. The lowest BCUT2D eigenvalue weighted by Gasteiger charge is -2.05. The topological polar surface area (TPSA) is 85.4 Å². The minimum absolute atomic E-state index is 0.00557. The van der Waals surface area contributed by atoms with Crippen molar-refractivity contribution >= 4 is 48.4 Å². The number of anilines is 1. The van der Waals surface area contributed by atoms with Crippen LogP contribution in [-0.4, -0.2) is 26.5 Å². The number of aromatic nitrogens is 1. The Morgan fingerprint density at radius 3 is 2.90 bits per heavy atom. The Morgan fingerprint density at radius 2 is 2.24 bits per heavy atom. The number of rotatable bonds is 5. The molecule has 0 spiro atoms. The number of hydrogen-bond acceptors (Lipinski definition) is 6. The molecule has 6 nitrogen and oxygen atoms in total. The van der Waals surface area contributed by atoms with Crippen LogP contribution in [0, 0.1) is 0 Å². The zero-order valence-electron chi connectivity index (χ0n) is 10.9. The van der Waals surface area contributed by atoms with Crippen LogP contribution in [0.5, 0.6) is 0 Å². The third kappa shape index (κ3) is 4.26. The number of halogens is 1. The second-order valence-electron chi connectivity index (χ2n) is 3.96. The Morgan fingerprint density at radius 1 is 1.48 bits per heavy atom. The largest absolute Gasteiger partial charge is 0.469 e. The van der Waals surface area contributed by atoms with Crippen LogP contribution in [0.25, 0.3) is 0 Å². The van der Waals surface area contributed by atoms with Gasteiger partial charge in [-0.15, -0.1) is 11.3 Å². The molecule has 0 saturated carbocycles. The molecule has 1 aromatic carbocycles. The number of nitrogens with zero attached hydrogens (tertiary/aromatic N) is 1. The van der Waals surface area contributed by atoms with Crippen LogP contribution in [-0.2, 0) is 26.0 Å². The fourth-order valence-corrected chi connectivity index (χ4v) is 4.02. The monoisotopic (exact) mass is 390 g/mol. The molecule has 0 saturated heterocycles. The number of methoxy groups -OCH3 is 1. The van der Waals surface area contributed by atoms with Gasteiger partial charge in [0.15, 0.2) is 5.13 Å². The summed E-state index contributed by atoms with van der Waals surface area (Å²) in [5.41, 5.74) is 0.457. The molecule has 21 heavy (non-hydrogen) atoms. The van der Waals surface area contributed by atoms with Gasteiger partial charge in [0.1, 0.15) is 0 Å². The van der Waals surface area contributed by atoms with Crippen molar-refractivity contribution in [2.24, 2.45) is 0 Å². The molecule has 0 unspecified atom stereocenters. The molecular weight excluding hydrogens is 380 g/mol. The Kier molecular flexibility index (Phi) is 4.96. The summed E-state index contributed by atoms with van der Waals surface area (Å²) in [7, 11) is -2.42. The van der Waals surface area contributed by atoms with Gasteiger partial charge in [-0.3, -0.25) is 9.52 Å². The molecule has 0 amide bonds. The Hall–Kier alpha value is -1.45. The summed E-state index contributed by atoms with van der Waals surface area (Å²) in [5.74, 6) is -0.429. The molecule has 0 aliphatic carbocycles. The first-order valence-corrected chi connectivity index (χ1v) is 8.86. The molecule has 0 atom stereocenters. The van der Waals surface area contributed by atoms with Crippen LogP contribution in [0.4, 0.5) is 5.13 Å². The van der Waals surface area contributed by atoms with Crippen molar-refractivity contribution in [2.45, 2.75) is 11.3 Å². The molecule has 1 heterocycles. The van der Waals surface area contributed by atoms with Gasteiger partial charge in [0.25, 0.3) is 10.0 Å². The SMILES string of the molecule is COC(=O)Cc1csc(NS(=O)(=O)c2cccc(Br)c2)n1. The molecule has 2 rings (SSSR count). The van der Waals surface area contributed by atoms with E-state index >= 15 is 0 Å². The van der Waals surface area contributed by atoms with E-state index in [1.54, 1.807) is 17.5 Å². The third-order valence-electron chi connectivity index (χ3n) is 2.43. The van der Waals surface area contributed by atoms with Crippen LogP contribution >= 0.6 is 27.3 Å². The molecule has 0 aliphatic heterocycles. The maximum atomic E-state index is 12.2.